The molecule has 6 aromatic heterocycles. The number of amides is 1. The molecule has 29 heteroatoms. The van der Waals surface area contributed by atoms with Crippen molar-refractivity contribution < 1.29 is 57.4 Å². The van der Waals surface area contributed by atoms with E-state index in [2.05, 4.69) is 64.0 Å². The second-order valence-electron chi connectivity index (χ2n) is 22.2. The van der Waals surface area contributed by atoms with Gasteiger partial charge in [-0.1, -0.05) is 29.8 Å². The van der Waals surface area contributed by atoms with E-state index >= 15 is 0 Å². The van der Waals surface area contributed by atoms with E-state index in [0.717, 1.165) is 130 Å². The summed E-state index contributed by atoms with van der Waals surface area (Å²) in [6.07, 6.45) is 0.722. The Morgan fingerprint density at radius 2 is 0.896 bits per heavy atom. The molecule has 28 nitrogen and oxygen atoms in total. The largest absolute Gasteiger partial charge is 0.497 e. The fourth-order valence-corrected chi connectivity index (χ4v) is 10.3. The van der Waals surface area contributed by atoms with Crippen LogP contribution in [0.5, 0.6) is 17.2 Å². The van der Waals surface area contributed by atoms with Crippen LogP contribution in [0.15, 0.2) is 72.8 Å². The van der Waals surface area contributed by atoms with Crippen molar-refractivity contribution in [3.63, 3.8) is 0 Å². The number of hydrogen-bond donors (Lipinski definition) is 7. The summed E-state index contributed by atoms with van der Waals surface area (Å²) in [7, 11) is 6.28. The molecular weight excluding hydrogens is 1260 g/mol. The van der Waals surface area contributed by atoms with E-state index in [-0.39, 0.29) is 42.8 Å². The molecule has 0 saturated carbocycles. The number of nitrogens with zero attached hydrogens (tertiary/aromatic N) is 9. The minimum Gasteiger partial charge on any atom is -0.497 e. The SMILES string of the molecule is CC(=O)OC(C)=O.CCOC(=O)CC(C)N.COOC(=O)CC(C)Nc1cc(C)nc2c(-c3ccc(OC)cc3C)c(C)nn12.COc1ccc(-c2c(C)nn3c(Cl)cc(C)nc23)c(C)c1.COc1ccc(-c2c(C)nn3c(NC(C)CC(=O)NN)cc(C)nc23)c(C)c1.NN. The third-order valence-electron chi connectivity index (χ3n) is 13.9. The first kappa shape index (κ1) is 78.6. The predicted molar refractivity (Wildman–Crippen MR) is 369 cm³/mol. The maximum Gasteiger partial charge on any atom is 0.344 e. The smallest absolute Gasteiger partial charge is 0.344 e. The number of anilines is 2. The second-order valence-corrected chi connectivity index (χ2v) is 22.6. The lowest BCUT2D eigenvalue weighted by Gasteiger charge is -2.16. The molecule has 1 amide bonds. The Labute approximate surface area is 563 Å². The van der Waals surface area contributed by atoms with Crippen molar-refractivity contribution in [3.05, 3.63) is 129 Å². The van der Waals surface area contributed by atoms with Crippen LogP contribution in [0.25, 0.3) is 50.3 Å². The van der Waals surface area contributed by atoms with Crippen molar-refractivity contribution >= 4 is 70.0 Å². The quantitative estimate of drug-likeness (QED) is 0.00799. The Morgan fingerprint density at radius 1 is 0.531 bits per heavy atom. The molecule has 0 fully saturated rings. The van der Waals surface area contributed by atoms with Gasteiger partial charge in [0.15, 0.2) is 16.9 Å². The summed E-state index contributed by atoms with van der Waals surface area (Å²) in [6, 6.07) is 23.2. The van der Waals surface area contributed by atoms with Gasteiger partial charge in [0, 0.05) is 84.3 Å². The monoisotopic (exact) mass is 1350 g/mol. The normalized spacial score (nSPS) is 11.4. The molecule has 9 rings (SSSR count). The number of aromatic nitrogens is 9. The van der Waals surface area contributed by atoms with E-state index < -0.39 is 17.9 Å². The number of nitrogens with one attached hydrogen (secondary N) is 3. The Morgan fingerprint density at radius 3 is 1.22 bits per heavy atom. The van der Waals surface area contributed by atoms with Gasteiger partial charge in [-0.15, -0.1) is 0 Å². The molecule has 3 aromatic carbocycles. The molecule has 0 aliphatic rings. The summed E-state index contributed by atoms with van der Waals surface area (Å²) in [4.78, 5) is 76.4. The summed E-state index contributed by atoms with van der Waals surface area (Å²) in [5.74, 6) is 15.2. The van der Waals surface area contributed by atoms with Gasteiger partial charge >= 0.3 is 23.9 Å². The number of hydrogen-bond acceptors (Lipinski definition) is 24. The van der Waals surface area contributed by atoms with Crippen LogP contribution in [0.4, 0.5) is 11.6 Å². The fourth-order valence-electron chi connectivity index (χ4n) is 9.98. The van der Waals surface area contributed by atoms with E-state index in [1.165, 1.54) is 21.0 Å². The number of halogens is 1. The molecule has 0 spiro atoms. The number of carbonyl (C=O) groups excluding carboxylic acids is 5. The number of fused-ring (bicyclic) bond motifs is 3. The Bertz CT molecular complexity index is 4140. The Hall–Kier alpha value is -9.84. The first-order chi connectivity index (χ1) is 45.5. The summed E-state index contributed by atoms with van der Waals surface area (Å²) < 4.78 is 29.8. The van der Waals surface area contributed by atoms with Crippen LogP contribution >= 0.6 is 11.6 Å². The zero-order chi connectivity index (χ0) is 71.8. The number of nitrogens with two attached hydrogens (primary N) is 4. The summed E-state index contributed by atoms with van der Waals surface area (Å²) in [6.45, 7) is 28.0. The van der Waals surface area contributed by atoms with Crippen molar-refractivity contribution in [3.8, 4) is 50.6 Å². The second kappa shape index (κ2) is 37.3. The van der Waals surface area contributed by atoms with E-state index in [0.29, 0.717) is 18.2 Å². The van der Waals surface area contributed by atoms with Crippen molar-refractivity contribution in [2.24, 2.45) is 23.3 Å². The van der Waals surface area contributed by atoms with Crippen LogP contribution in [-0.4, -0.2) is 127 Å². The first-order valence-electron chi connectivity index (χ1n) is 30.4. The number of esters is 3. The van der Waals surface area contributed by atoms with Gasteiger partial charge in [0.1, 0.15) is 34.0 Å². The number of benzene rings is 3. The Kier molecular flexibility index (Phi) is 30.5. The molecule has 0 saturated heterocycles. The zero-order valence-electron chi connectivity index (χ0n) is 58.1. The average Bonchev–Trinajstić information content (AvgIpc) is 1.63. The molecule has 11 N–H and O–H groups in total. The molecule has 0 radical (unpaired) electrons. The van der Waals surface area contributed by atoms with Crippen molar-refractivity contribution in [2.45, 2.75) is 141 Å². The lowest BCUT2D eigenvalue weighted by atomic mass is 10.0. The number of methoxy groups -OCH3 is 3. The lowest BCUT2D eigenvalue weighted by Crippen LogP contribution is -2.34. The highest BCUT2D eigenvalue weighted by Crippen LogP contribution is 2.36. The van der Waals surface area contributed by atoms with E-state index in [1.807, 2.05) is 142 Å². The highest BCUT2D eigenvalue weighted by Gasteiger charge is 2.23. The minimum absolute atomic E-state index is 0.0935. The average molecular weight is 1350 g/mol. The number of ether oxygens (including phenoxy) is 5. The molecule has 6 heterocycles. The van der Waals surface area contributed by atoms with E-state index in [9.17, 15) is 24.0 Å². The number of aryl methyl sites for hydroxylation is 9. The standard InChI is InChI=1S/C21H26N4O4.C20H26N6O2.C16H16ClN3O.C6H13NO2.C4H6O3.H4N2/c1-12-9-16(27-5)7-8-17(12)20-15(4)24-25-18(10-13(2)23-21(20)25)22-14(3)11-19(26)29-28-6;1-11-8-15(28-5)6-7-16(11)19-14(4)25-26-17(9-12(2)23-20(19)26)22-13(3)10-18(27)24-21;1-9-7-12(21-4)5-6-13(9)15-11(3)19-20-14(17)8-10(2)18-16(15)20;1-3-9-6(8)4-5(2)7;1-3(5)7-4(2)6;1-2/h7-10,14,22H,11H2,1-6H3;6-9,13,22H,10,21H2,1-5H3,(H,24,27);5-8H,1-4H3;5H,3-4,7H2,1-2H3;1-2H3;1-2H2. The van der Waals surface area contributed by atoms with Gasteiger partial charge in [0.05, 0.1) is 65.0 Å². The van der Waals surface area contributed by atoms with Crippen LogP contribution in [0.1, 0.15) is 112 Å². The van der Waals surface area contributed by atoms with E-state index in [1.54, 1.807) is 48.7 Å². The third-order valence-corrected chi connectivity index (χ3v) is 14.2. The first-order valence-corrected chi connectivity index (χ1v) is 30.8. The van der Waals surface area contributed by atoms with Gasteiger partial charge in [-0.25, -0.2) is 30.1 Å². The highest BCUT2D eigenvalue weighted by atomic mass is 35.5. The molecular formula is C67H91ClN16O12. The van der Waals surface area contributed by atoms with Gasteiger partial charge in [0.25, 0.3) is 0 Å². The molecule has 0 aliphatic heterocycles. The highest BCUT2D eigenvalue weighted by molar-refractivity contribution is 6.29. The van der Waals surface area contributed by atoms with Crippen LogP contribution in [0, 0.1) is 62.3 Å². The van der Waals surface area contributed by atoms with Crippen molar-refractivity contribution in [1.82, 2.24) is 49.2 Å². The van der Waals surface area contributed by atoms with Crippen LogP contribution in [0.2, 0.25) is 5.15 Å². The summed E-state index contributed by atoms with van der Waals surface area (Å²) in [5, 5.41) is 21.1. The van der Waals surface area contributed by atoms with Gasteiger partial charge in [0.2, 0.25) is 5.91 Å². The van der Waals surface area contributed by atoms with Gasteiger partial charge in [-0.05, 0) is 166 Å². The number of carbonyl (C=O) groups is 5. The van der Waals surface area contributed by atoms with Crippen molar-refractivity contribution in [1.29, 1.82) is 0 Å². The van der Waals surface area contributed by atoms with Crippen LogP contribution < -0.4 is 53.5 Å². The van der Waals surface area contributed by atoms with E-state index in [4.69, 9.17) is 57.6 Å². The maximum atomic E-state index is 11.7. The molecule has 96 heavy (non-hydrogen) atoms. The van der Waals surface area contributed by atoms with Gasteiger partial charge in [-0.3, -0.25) is 41.2 Å². The molecule has 3 unspecified atom stereocenters. The third kappa shape index (κ3) is 21.9. The molecule has 0 aliphatic carbocycles. The number of rotatable bonds is 18. The lowest BCUT2D eigenvalue weighted by molar-refractivity contribution is -0.255. The minimum atomic E-state index is -0.562. The predicted octanol–water partition coefficient (Wildman–Crippen LogP) is 9.32. The number of hydrazine groups is 2. The topological polar surface area (TPSA) is 381 Å². The molecule has 0 bridgehead atoms. The summed E-state index contributed by atoms with van der Waals surface area (Å²) in [5.41, 5.74) is 24.5. The fraction of sp³-hybridized carbons (Fsp3) is 0.388. The molecule has 9 aromatic rings. The molecule has 3 atom stereocenters. The van der Waals surface area contributed by atoms with Gasteiger partial charge in [-0.2, -0.15) is 29.2 Å². The summed E-state index contributed by atoms with van der Waals surface area (Å²) >= 11 is 6.26. The maximum absolute atomic E-state index is 11.7. The molecule has 518 valence electrons. The van der Waals surface area contributed by atoms with Crippen molar-refractivity contribution in [2.75, 3.05) is 45.7 Å². The van der Waals surface area contributed by atoms with Crippen LogP contribution in [-0.2, 0) is 43.2 Å². The Balaban J connectivity index is 0.000000273. The zero-order valence-corrected chi connectivity index (χ0v) is 58.9. The van der Waals surface area contributed by atoms with Crippen LogP contribution in [0.3, 0.4) is 0 Å². The van der Waals surface area contributed by atoms with Gasteiger partial charge < -0.3 is 40.1 Å².